The third-order valence-corrected chi connectivity index (χ3v) is 6.21. The average Bonchev–Trinajstić information content (AvgIpc) is 2.84. The van der Waals surface area contributed by atoms with Gasteiger partial charge in [-0.15, -0.1) is 0 Å². The number of hydrogen-bond acceptors (Lipinski definition) is 5. The Labute approximate surface area is 210 Å². The second-order valence-electron chi connectivity index (χ2n) is 8.48. The summed E-state index contributed by atoms with van der Waals surface area (Å²) in [5, 5.41) is 5.18. The number of carbonyl (C=O) groups excluding carboxylic acids is 3. The van der Waals surface area contributed by atoms with E-state index in [-0.39, 0.29) is 30.8 Å². The number of benzene rings is 2. The van der Waals surface area contributed by atoms with Crippen molar-refractivity contribution in [3.63, 3.8) is 0 Å². The SMILES string of the molecule is CC(=O)CCC[C@@H](COC(=O)Nc1cc2ccccc2cn1)N(C)C(=O)CCc1ccccc1Cl. The summed E-state index contributed by atoms with van der Waals surface area (Å²) in [5.74, 6) is 0.376. The lowest BCUT2D eigenvalue weighted by Crippen LogP contribution is -2.41. The topological polar surface area (TPSA) is 88.6 Å². The number of halogens is 1. The van der Waals surface area contributed by atoms with E-state index in [9.17, 15) is 14.4 Å². The largest absolute Gasteiger partial charge is 0.447 e. The van der Waals surface area contributed by atoms with E-state index in [4.69, 9.17) is 16.3 Å². The Morgan fingerprint density at radius 1 is 1.06 bits per heavy atom. The first kappa shape index (κ1) is 26.2. The monoisotopic (exact) mass is 495 g/mol. The third-order valence-electron chi connectivity index (χ3n) is 5.84. The molecule has 1 N–H and O–H groups in total. The van der Waals surface area contributed by atoms with Gasteiger partial charge in [0.05, 0.1) is 6.04 Å². The number of ether oxygens (including phenoxy) is 1. The van der Waals surface area contributed by atoms with Crippen LogP contribution in [0.2, 0.25) is 5.02 Å². The number of likely N-dealkylation sites (N-methyl/N-ethyl adjacent to an activating group) is 1. The highest BCUT2D eigenvalue weighted by molar-refractivity contribution is 6.31. The molecule has 8 heteroatoms. The lowest BCUT2D eigenvalue weighted by atomic mass is 10.1. The van der Waals surface area contributed by atoms with Crippen molar-refractivity contribution in [1.82, 2.24) is 9.88 Å². The Balaban J connectivity index is 1.58. The van der Waals surface area contributed by atoms with Crippen molar-refractivity contribution in [2.24, 2.45) is 0 Å². The Kier molecular flexibility index (Phi) is 9.61. The number of anilines is 1. The molecule has 0 saturated heterocycles. The first-order valence-corrected chi connectivity index (χ1v) is 12.0. The Morgan fingerprint density at radius 3 is 2.51 bits per heavy atom. The molecule has 0 unspecified atom stereocenters. The molecule has 2 amide bonds. The van der Waals surface area contributed by atoms with E-state index in [0.29, 0.717) is 36.5 Å². The minimum Gasteiger partial charge on any atom is -0.447 e. The summed E-state index contributed by atoms with van der Waals surface area (Å²) in [6, 6.07) is 16.5. The van der Waals surface area contributed by atoms with Gasteiger partial charge in [-0.25, -0.2) is 9.78 Å². The summed E-state index contributed by atoms with van der Waals surface area (Å²) in [7, 11) is 1.69. The van der Waals surface area contributed by atoms with Gasteiger partial charge in [-0.1, -0.05) is 54.1 Å². The third kappa shape index (κ3) is 8.07. The standard InChI is InChI=1S/C27H30ClN3O4/c1-19(32)8-7-12-23(31(2)26(33)15-14-20-9-5-6-13-24(20)28)18-35-27(34)30-25-16-21-10-3-4-11-22(21)17-29-25/h3-6,9-11,13,16-17,23H,7-8,12,14-15,18H2,1-2H3,(H,29,30,34)/t23-/m0/s1. The number of aromatic nitrogens is 1. The summed E-state index contributed by atoms with van der Waals surface area (Å²) >= 11 is 6.20. The van der Waals surface area contributed by atoms with Crippen LogP contribution in [0.4, 0.5) is 10.6 Å². The van der Waals surface area contributed by atoms with Crippen molar-refractivity contribution < 1.29 is 19.1 Å². The molecule has 0 fully saturated rings. The summed E-state index contributed by atoms with van der Waals surface area (Å²) in [4.78, 5) is 42.5. The van der Waals surface area contributed by atoms with E-state index < -0.39 is 6.09 Å². The molecule has 35 heavy (non-hydrogen) atoms. The highest BCUT2D eigenvalue weighted by Crippen LogP contribution is 2.19. The number of carbonyl (C=O) groups is 3. The van der Waals surface area contributed by atoms with Gasteiger partial charge < -0.3 is 14.4 Å². The Bertz CT molecular complexity index is 1180. The van der Waals surface area contributed by atoms with E-state index in [1.807, 2.05) is 42.5 Å². The molecule has 3 aromatic rings. The van der Waals surface area contributed by atoms with Crippen LogP contribution >= 0.6 is 11.6 Å². The predicted molar refractivity (Wildman–Crippen MR) is 138 cm³/mol. The lowest BCUT2D eigenvalue weighted by Gasteiger charge is -2.28. The minimum atomic E-state index is -0.652. The number of hydrogen-bond donors (Lipinski definition) is 1. The summed E-state index contributed by atoms with van der Waals surface area (Å²) in [6.45, 7) is 1.54. The predicted octanol–water partition coefficient (Wildman–Crippen LogP) is 5.66. The van der Waals surface area contributed by atoms with Gasteiger partial charge in [0.15, 0.2) is 0 Å². The second-order valence-corrected chi connectivity index (χ2v) is 8.89. The molecule has 0 saturated carbocycles. The molecule has 0 radical (unpaired) electrons. The normalized spacial score (nSPS) is 11.6. The van der Waals surface area contributed by atoms with E-state index >= 15 is 0 Å². The zero-order chi connectivity index (χ0) is 25.2. The van der Waals surface area contributed by atoms with Gasteiger partial charge in [0, 0.05) is 36.5 Å². The molecule has 3 rings (SSSR count). The van der Waals surface area contributed by atoms with Crippen molar-refractivity contribution in [2.45, 2.75) is 45.1 Å². The van der Waals surface area contributed by atoms with Crippen molar-refractivity contribution in [3.8, 4) is 0 Å². The van der Waals surface area contributed by atoms with Gasteiger partial charge in [0.1, 0.15) is 18.2 Å². The van der Waals surface area contributed by atoms with Gasteiger partial charge in [0.2, 0.25) is 5.91 Å². The fourth-order valence-electron chi connectivity index (χ4n) is 3.76. The van der Waals surface area contributed by atoms with Crippen LogP contribution in [0.1, 0.15) is 38.2 Å². The van der Waals surface area contributed by atoms with Crippen molar-refractivity contribution >= 4 is 46.0 Å². The molecule has 1 atom stereocenters. The molecule has 0 aliphatic heterocycles. The maximum atomic E-state index is 12.9. The molecular formula is C27H30ClN3O4. The first-order chi connectivity index (χ1) is 16.8. The van der Waals surface area contributed by atoms with Crippen LogP contribution in [-0.4, -0.2) is 47.4 Å². The molecule has 0 spiro atoms. The summed E-state index contributed by atoms with van der Waals surface area (Å²) in [6.07, 6.45) is 3.36. The van der Waals surface area contributed by atoms with Crippen LogP contribution in [-0.2, 0) is 20.7 Å². The zero-order valence-electron chi connectivity index (χ0n) is 20.0. The average molecular weight is 496 g/mol. The molecule has 2 aromatic carbocycles. The number of nitrogens with zero attached hydrogens (tertiary/aromatic N) is 2. The smallest absolute Gasteiger partial charge is 0.412 e. The molecule has 7 nitrogen and oxygen atoms in total. The number of amides is 2. The zero-order valence-corrected chi connectivity index (χ0v) is 20.8. The molecular weight excluding hydrogens is 466 g/mol. The number of aryl methyl sites for hydroxylation is 1. The molecule has 184 valence electrons. The van der Waals surface area contributed by atoms with E-state index in [0.717, 1.165) is 16.3 Å². The van der Waals surface area contributed by atoms with Gasteiger partial charge in [-0.05, 0) is 49.3 Å². The second kappa shape index (κ2) is 12.9. The fraction of sp³-hybridized carbons (Fsp3) is 0.333. The van der Waals surface area contributed by atoms with Gasteiger partial charge >= 0.3 is 6.09 Å². The maximum Gasteiger partial charge on any atom is 0.412 e. The van der Waals surface area contributed by atoms with Crippen LogP contribution in [0.3, 0.4) is 0 Å². The van der Waals surface area contributed by atoms with Gasteiger partial charge in [0.25, 0.3) is 0 Å². The summed E-state index contributed by atoms with van der Waals surface area (Å²) < 4.78 is 5.44. The van der Waals surface area contributed by atoms with Crippen molar-refractivity contribution in [2.75, 3.05) is 19.0 Å². The molecule has 1 heterocycles. The lowest BCUT2D eigenvalue weighted by molar-refractivity contribution is -0.132. The highest BCUT2D eigenvalue weighted by Gasteiger charge is 2.22. The number of pyridine rings is 1. The van der Waals surface area contributed by atoms with E-state index in [1.54, 1.807) is 30.3 Å². The minimum absolute atomic E-state index is 0.00561. The van der Waals surface area contributed by atoms with Crippen LogP contribution < -0.4 is 5.32 Å². The van der Waals surface area contributed by atoms with E-state index in [2.05, 4.69) is 10.3 Å². The molecule has 0 aliphatic rings. The highest BCUT2D eigenvalue weighted by atomic mass is 35.5. The fourth-order valence-corrected chi connectivity index (χ4v) is 3.99. The van der Waals surface area contributed by atoms with Gasteiger partial charge in [-0.2, -0.15) is 0 Å². The molecule has 0 bridgehead atoms. The molecule has 1 aromatic heterocycles. The Morgan fingerprint density at radius 2 is 1.77 bits per heavy atom. The number of nitrogens with one attached hydrogen (secondary N) is 1. The van der Waals surface area contributed by atoms with Crippen LogP contribution in [0.15, 0.2) is 60.8 Å². The number of rotatable bonds is 11. The first-order valence-electron chi connectivity index (χ1n) is 11.6. The molecule has 0 aliphatic carbocycles. The van der Waals surface area contributed by atoms with Crippen LogP contribution in [0, 0.1) is 0 Å². The summed E-state index contributed by atoms with van der Waals surface area (Å²) in [5.41, 5.74) is 0.905. The maximum absolute atomic E-state index is 12.9. The van der Waals surface area contributed by atoms with Crippen LogP contribution in [0.5, 0.6) is 0 Å². The van der Waals surface area contributed by atoms with Gasteiger partial charge in [-0.3, -0.25) is 10.1 Å². The quantitative estimate of drug-likeness (QED) is 0.371. The van der Waals surface area contributed by atoms with Crippen LogP contribution in [0.25, 0.3) is 10.8 Å². The number of Topliss-reactive ketones (excluding diaryl/α,β-unsaturated/α-hetero) is 1. The van der Waals surface area contributed by atoms with E-state index in [1.165, 1.54) is 6.92 Å². The number of ketones is 1. The van der Waals surface area contributed by atoms with Crippen molar-refractivity contribution in [3.05, 3.63) is 71.4 Å². The Hall–Kier alpha value is -3.45. The number of fused-ring (bicyclic) bond motifs is 1. The van der Waals surface area contributed by atoms with Crippen molar-refractivity contribution in [1.29, 1.82) is 0 Å².